The van der Waals surface area contributed by atoms with Gasteiger partial charge in [-0.3, -0.25) is 4.79 Å². The number of carbonyl (C=O) groups excluding carboxylic acids is 1. The van der Waals surface area contributed by atoms with Crippen molar-refractivity contribution in [2.75, 3.05) is 47.1 Å². The van der Waals surface area contributed by atoms with Crippen LogP contribution in [0.2, 0.25) is 0 Å². The Morgan fingerprint density at radius 2 is 1.84 bits per heavy atom. The third-order valence-corrected chi connectivity index (χ3v) is 8.78. The Bertz CT molecular complexity index is 1210. The van der Waals surface area contributed by atoms with E-state index >= 15 is 0 Å². The fraction of sp³-hybridized carbons (Fsp3) is 0.625. The molecule has 0 saturated carbocycles. The number of rotatable bonds is 10. The number of likely N-dealkylation sites (tertiary alicyclic amines) is 1. The van der Waals surface area contributed by atoms with Gasteiger partial charge >= 0.3 is 6.18 Å². The van der Waals surface area contributed by atoms with Crippen LogP contribution in [0, 0.1) is 0 Å². The van der Waals surface area contributed by atoms with Gasteiger partial charge in [0.15, 0.2) is 0 Å². The zero-order valence-corrected chi connectivity index (χ0v) is 26.3. The number of benzene rings is 1. The highest BCUT2D eigenvalue weighted by Crippen LogP contribution is 2.34. The van der Waals surface area contributed by atoms with Crippen LogP contribution in [-0.4, -0.2) is 88.2 Å². The summed E-state index contributed by atoms with van der Waals surface area (Å²) in [6.07, 6.45) is -0.0459. The molecule has 13 heteroatoms. The van der Waals surface area contributed by atoms with Crippen molar-refractivity contribution in [2.45, 2.75) is 82.0 Å². The molecule has 3 fully saturated rings. The Balaban J connectivity index is 1.35. The molecule has 3 aliphatic rings. The molecule has 1 aromatic carbocycles. The van der Waals surface area contributed by atoms with Crippen molar-refractivity contribution >= 4 is 11.9 Å². The number of alkyl halides is 3. The molecule has 3 heterocycles. The minimum atomic E-state index is -4.38. The number of amidine groups is 1. The summed E-state index contributed by atoms with van der Waals surface area (Å²) in [5.74, 6) is -0.258. The first-order chi connectivity index (χ1) is 21.5. The van der Waals surface area contributed by atoms with Gasteiger partial charge in [0.05, 0.1) is 37.6 Å². The second-order valence-corrected chi connectivity index (χ2v) is 11.8. The van der Waals surface area contributed by atoms with Gasteiger partial charge in [-0.15, -0.1) is 0 Å². The number of piperidine rings is 1. The molecule has 4 rings (SSSR count). The highest BCUT2D eigenvalue weighted by molar-refractivity contribution is 5.96. The van der Waals surface area contributed by atoms with E-state index in [1.54, 1.807) is 18.9 Å². The molecule has 1 amide bonds. The third-order valence-electron chi connectivity index (χ3n) is 8.78. The van der Waals surface area contributed by atoms with E-state index in [2.05, 4.69) is 22.2 Å². The third kappa shape index (κ3) is 9.44. The Morgan fingerprint density at radius 3 is 2.49 bits per heavy atom. The molecule has 4 atom stereocenters. The molecular weight excluding hydrogens is 591 g/mol. The predicted molar refractivity (Wildman–Crippen MR) is 164 cm³/mol. The largest absolute Gasteiger partial charge is 0.469 e. The fourth-order valence-electron chi connectivity index (χ4n) is 5.98. The van der Waals surface area contributed by atoms with Gasteiger partial charge in [0.1, 0.15) is 5.70 Å². The molecule has 4 N–H and O–H groups in total. The number of amides is 1. The summed E-state index contributed by atoms with van der Waals surface area (Å²) < 4.78 is 61.3. The molecule has 0 unspecified atom stereocenters. The second-order valence-electron chi connectivity index (χ2n) is 11.8. The average Bonchev–Trinajstić information content (AvgIpc) is 3.05. The maximum absolute atomic E-state index is 13.7. The number of methoxy groups -OCH3 is 2. The van der Waals surface area contributed by atoms with Crippen LogP contribution in [0.4, 0.5) is 13.2 Å². The summed E-state index contributed by atoms with van der Waals surface area (Å²) in [5.41, 5.74) is 7.08. The monoisotopic (exact) mass is 637 g/mol. The number of nitrogens with zero attached hydrogens (tertiary/aromatic N) is 2. The van der Waals surface area contributed by atoms with Gasteiger partial charge in [0.2, 0.25) is 0 Å². The minimum Gasteiger partial charge on any atom is -0.469 e. The number of carbonyl (C=O) groups is 1. The molecule has 0 aromatic heterocycles. The first-order valence-corrected chi connectivity index (χ1v) is 15.5. The number of nitrogens with two attached hydrogens (primary N) is 1. The van der Waals surface area contributed by atoms with Crippen molar-refractivity contribution in [1.82, 2.24) is 15.5 Å². The number of allylic oxidation sites excluding steroid dienone is 1. The van der Waals surface area contributed by atoms with Crippen LogP contribution in [0.3, 0.4) is 0 Å². The lowest BCUT2D eigenvalue weighted by molar-refractivity contribution is -0.137. The Kier molecular flexibility index (Phi) is 12.3. The van der Waals surface area contributed by atoms with Gasteiger partial charge in [-0.25, -0.2) is 0 Å². The van der Waals surface area contributed by atoms with Crippen molar-refractivity contribution in [2.24, 2.45) is 10.7 Å². The maximum atomic E-state index is 13.7. The average molecular weight is 638 g/mol. The Hall–Kier alpha value is -3.13. The second kappa shape index (κ2) is 15.9. The van der Waals surface area contributed by atoms with E-state index in [1.165, 1.54) is 19.2 Å². The van der Waals surface area contributed by atoms with Gasteiger partial charge in [-0.05, 0) is 63.1 Å². The van der Waals surface area contributed by atoms with E-state index < -0.39 is 11.7 Å². The normalized spacial score (nSPS) is 25.8. The Labute approximate surface area is 263 Å². The van der Waals surface area contributed by atoms with Gasteiger partial charge in [-0.2, -0.15) is 18.2 Å². The van der Waals surface area contributed by atoms with Gasteiger partial charge < -0.3 is 40.2 Å². The number of hydrogen-bond acceptors (Lipinski definition) is 8. The summed E-state index contributed by atoms with van der Waals surface area (Å²) in [5, 5.41) is 6.96. The highest BCUT2D eigenvalue weighted by Gasteiger charge is 2.33. The van der Waals surface area contributed by atoms with Gasteiger partial charge in [0, 0.05) is 56.7 Å². The molecule has 0 spiro atoms. The quantitative estimate of drug-likeness (QED) is 0.152. The number of hydrogen-bond donors (Lipinski definition) is 3. The lowest BCUT2D eigenvalue weighted by Gasteiger charge is -2.38. The predicted octanol–water partition coefficient (Wildman–Crippen LogP) is 4.04. The smallest absolute Gasteiger partial charge is 0.416 e. The van der Waals surface area contributed by atoms with E-state index in [0.29, 0.717) is 49.7 Å². The van der Waals surface area contributed by atoms with E-state index in [-0.39, 0.29) is 48.0 Å². The number of ether oxygens (including phenoxy) is 4. The molecule has 1 aromatic rings. The van der Waals surface area contributed by atoms with E-state index in [0.717, 1.165) is 50.7 Å². The van der Waals surface area contributed by atoms with Crippen LogP contribution in [0.1, 0.15) is 62.7 Å². The summed E-state index contributed by atoms with van der Waals surface area (Å²) >= 11 is 0. The first-order valence-electron chi connectivity index (χ1n) is 15.5. The lowest BCUT2D eigenvalue weighted by atomic mass is 9.97. The first kappa shape index (κ1) is 34.7. The van der Waals surface area contributed by atoms with Crippen LogP contribution in [0.25, 0.3) is 0 Å². The molecule has 3 saturated heterocycles. The number of aliphatic imine (C=N–C) groups is 1. The Morgan fingerprint density at radius 1 is 1.13 bits per heavy atom. The van der Waals surface area contributed by atoms with Crippen molar-refractivity contribution in [3.05, 3.63) is 58.9 Å². The van der Waals surface area contributed by atoms with Crippen LogP contribution < -0.4 is 16.4 Å². The summed E-state index contributed by atoms with van der Waals surface area (Å²) in [6, 6.07) is 5.47. The topological polar surface area (TPSA) is 120 Å². The molecular formula is C32H46F3N5O5. The molecule has 0 bridgehead atoms. The van der Waals surface area contributed by atoms with Crippen molar-refractivity contribution in [3.63, 3.8) is 0 Å². The maximum Gasteiger partial charge on any atom is 0.416 e. The molecule has 10 nitrogen and oxygen atoms in total. The molecule has 250 valence electrons. The SMILES string of the molecule is C=C(NC[C@H]1CCC[C@@H](c2ccc(C(F)(F)F)cc2)O1)/C(C)=C(\N=C(/N)OC)C(=O)N1CCC(N[C@@H]2CCOC[C@@H]2OC)CC1. The zero-order chi connectivity index (χ0) is 32.6. The highest BCUT2D eigenvalue weighted by atomic mass is 19.4. The lowest BCUT2D eigenvalue weighted by Crippen LogP contribution is -2.54. The molecule has 3 aliphatic heterocycles. The standard InChI is InChI=1S/C32H46F3N5O5/c1-20(21(2)37-18-25-6-5-7-27(45-25)22-8-10-23(11-9-22)32(33,34)35)29(39-31(36)43-4)30(41)40-15-12-24(13-16-40)38-26-14-17-44-19-28(26)42-3/h8-11,24-28,37-38H,2,5-7,12-19H2,1,3-4H3,(H2,36,39)/b29-20-/t25-,26-,27+,28+/m1/s1. The summed E-state index contributed by atoms with van der Waals surface area (Å²) in [7, 11) is 3.08. The number of halogens is 3. The van der Waals surface area contributed by atoms with Gasteiger partial charge in [0.25, 0.3) is 11.9 Å². The van der Waals surface area contributed by atoms with Gasteiger partial charge in [-0.1, -0.05) is 18.7 Å². The summed E-state index contributed by atoms with van der Waals surface area (Å²) in [6.45, 7) is 8.68. The van der Waals surface area contributed by atoms with Crippen LogP contribution >= 0.6 is 0 Å². The van der Waals surface area contributed by atoms with Crippen LogP contribution in [0.5, 0.6) is 0 Å². The van der Waals surface area contributed by atoms with E-state index in [1.807, 2.05) is 0 Å². The minimum absolute atomic E-state index is 0.00942. The van der Waals surface area contributed by atoms with Crippen LogP contribution in [0.15, 0.2) is 52.8 Å². The van der Waals surface area contributed by atoms with Crippen molar-refractivity contribution in [1.29, 1.82) is 0 Å². The molecule has 0 radical (unpaired) electrons. The van der Waals surface area contributed by atoms with Crippen molar-refractivity contribution in [3.8, 4) is 0 Å². The number of nitrogens with one attached hydrogen (secondary N) is 2. The zero-order valence-electron chi connectivity index (χ0n) is 26.3. The van der Waals surface area contributed by atoms with Crippen LogP contribution in [-0.2, 0) is 29.9 Å². The van der Waals surface area contributed by atoms with E-state index in [9.17, 15) is 18.0 Å². The summed E-state index contributed by atoms with van der Waals surface area (Å²) in [4.78, 5) is 19.8. The molecule has 0 aliphatic carbocycles. The van der Waals surface area contributed by atoms with Crippen molar-refractivity contribution < 1.29 is 36.9 Å². The molecule has 45 heavy (non-hydrogen) atoms. The fourth-order valence-corrected chi connectivity index (χ4v) is 5.98. The van der Waals surface area contributed by atoms with E-state index in [4.69, 9.17) is 24.7 Å².